The lowest BCUT2D eigenvalue weighted by atomic mass is 9.88. The van der Waals surface area contributed by atoms with Crippen LogP contribution in [-0.2, 0) is 14.4 Å². The highest BCUT2D eigenvalue weighted by Gasteiger charge is 2.38. The average Bonchev–Trinajstić information content (AvgIpc) is 2.80. The summed E-state index contributed by atoms with van der Waals surface area (Å²) in [6.07, 6.45) is 1.64. The summed E-state index contributed by atoms with van der Waals surface area (Å²) in [6, 6.07) is 9.24. The maximum absolute atomic E-state index is 12.4. The molecule has 1 heterocycles. The Morgan fingerprint density at radius 1 is 1.28 bits per heavy atom. The first kappa shape index (κ1) is 19.4. The van der Waals surface area contributed by atoms with E-state index in [0.717, 1.165) is 11.1 Å². The zero-order chi connectivity index (χ0) is 18.6. The quantitative estimate of drug-likeness (QED) is 0.496. The number of hydrogen-bond donors (Lipinski definition) is 3. The molecule has 1 aliphatic heterocycles. The minimum Gasteiger partial charge on any atom is -0.481 e. The van der Waals surface area contributed by atoms with Crippen LogP contribution in [0, 0.1) is 0 Å². The van der Waals surface area contributed by atoms with Crippen LogP contribution in [0.4, 0.5) is 0 Å². The second-order valence-corrected chi connectivity index (χ2v) is 7.78. The lowest BCUT2D eigenvalue weighted by Crippen LogP contribution is -2.36. The summed E-state index contributed by atoms with van der Waals surface area (Å²) >= 11 is 5.50. The minimum atomic E-state index is -1.10. The predicted molar refractivity (Wildman–Crippen MR) is 98.7 cm³/mol. The van der Waals surface area contributed by atoms with Crippen LogP contribution in [0.1, 0.15) is 24.8 Å². The first-order chi connectivity index (χ1) is 11.8. The highest BCUT2D eigenvalue weighted by molar-refractivity contribution is 8.11. The van der Waals surface area contributed by atoms with Crippen molar-refractivity contribution in [2.24, 2.45) is 0 Å². The fourth-order valence-electron chi connectivity index (χ4n) is 2.70. The monoisotopic (exact) mass is 381 g/mol. The Morgan fingerprint density at radius 3 is 2.48 bits per heavy atom. The van der Waals surface area contributed by atoms with Crippen molar-refractivity contribution in [3.8, 4) is 0 Å². The van der Waals surface area contributed by atoms with Gasteiger partial charge in [0, 0.05) is 5.92 Å². The smallest absolute Gasteiger partial charge is 0.323 e. The number of carbonyl (C=O) groups excluding carboxylic acids is 1. The molecule has 0 saturated carbocycles. The third-order valence-corrected chi connectivity index (χ3v) is 5.68. The van der Waals surface area contributed by atoms with Gasteiger partial charge >= 0.3 is 11.9 Å². The van der Waals surface area contributed by atoms with Gasteiger partial charge in [-0.1, -0.05) is 42.0 Å². The molecule has 1 fully saturated rings. The van der Waals surface area contributed by atoms with Crippen molar-refractivity contribution in [2.45, 2.75) is 29.2 Å². The highest BCUT2D eigenvalue weighted by Crippen LogP contribution is 2.37. The van der Waals surface area contributed by atoms with Crippen LogP contribution in [0.3, 0.4) is 0 Å². The van der Waals surface area contributed by atoms with Crippen molar-refractivity contribution in [2.75, 3.05) is 6.54 Å². The summed E-state index contributed by atoms with van der Waals surface area (Å²) in [5, 5.41) is 17.5. The molecular weight excluding hydrogens is 362 g/mol. The summed E-state index contributed by atoms with van der Waals surface area (Å²) in [6.45, 7) is 1.39. The molecule has 25 heavy (non-hydrogen) atoms. The Kier molecular flexibility index (Phi) is 6.55. The molecular formula is C17H19NO5S2. The molecule has 0 bridgehead atoms. The largest absolute Gasteiger partial charge is 0.481 e. The van der Waals surface area contributed by atoms with Crippen molar-refractivity contribution in [3.63, 3.8) is 0 Å². The number of carboxylic acid groups (broad SMARTS) is 2. The van der Waals surface area contributed by atoms with Crippen LogP contribution in [-0.4, -0.2) is 49.5 Å². The molecule has 0 aliphatic carbocycles. The number of amides is 1. The summed E-state index contributed by atoms with van der Waals surface area (Å²) in [7, 11) is 0. The zero-order valence-electron chi connectivity index (χ0n) is 13.5. The molecule has 3 atom stereocenters. The van der Waals surface area contributed by atoms with E-state index in [1.165, 1.54) is 16.7 Å². The number of allylic oxidation sites excluding steroid dienone is 1. The first-order valence-electron chi connectivity index (χ1n) is 7.60. The van der Waals surface area contributed by atoms with Crippen molar-refractivity contribution in [3.05, 3.63) is 47.5 Å². The highest BCUT2D eigenvalue weighted by atomic mass is 32.2. The van der Waals surface area contributed by atoms with E-state index >= 15 is 0 Å². The van der Waals surface area contributed by atoms with Gasteiger partial charge < -0.3 is 15.1 Å². The molecule has 1 amide bonds. The second kappa shape index (κ2) is 8.44. The number of hydrogen-bond acceptors (Lipinski definition) is 5. The third-order valence-electron chi connectivity index (χ3n) is 3.91. The Labute approximate surface area is 155 Å². The number of carboxylic acids is 2. The average molecular weight is 381 g/mol. The molecule has 1 saturated heterocycles. The van der Waals surface area contributed by atoms with E-state index in [2.05, 4.69) is 12.6 Å². The van der Waals surface area contributed by atoms with Gasteiger partial charge in [-0.25, -0.2) is 0 Å². The fourth-order valence-corrected chi connectivity index (χ4v) is 4.43. The molecule has 3 unspecified atom stereocenters. The molecule has 0 spiro atoms. The number of rotatable bonds is 7. The molecule has 1 aliphatic rings. The number of aliphatic carboxylic acids is 2. The van der Waals surface area contributed by atoms with Crippen molar-refractivity contribution >= 4 is 42.2 Å². The molecule has 6 nitrogen and oxygen atoms in total. The predicted octanol–water partition coefficient (Wildman–Crippen LogP) is 2.43. The molecule has 2 N–H and O–H groups in total. The normalized spacial score (nSPS) is 22.1. The van der Waals surface area contributed by atoms with Crippen LogP contribution in [0.5, 0.6) is 0 Å². The maximum atomic E-state index is 12.4. The zero-order valence-corrected chi connectivity index (χ0v) is 15.2. The topological polar surface area (TPSA) is 94.9 Å². The standard InChI is InChI=1S/C17H19NO5S2/c1-10(12(8-14(19)20)11-5-3-2-4-6-11)7-13-16(23)18(9-15(21)22)17(24)25-13/h2-7,12-13,17,24H,8-9H2,1H3,(H,19,20)(H,21,22)/b10-7+. The fraction of sp³-hybridized carbons (Fsp3) is 0.353. The summed E-state index contributed by atoms with van der Waals surface area (Å²) in [5.41, 5.74) is 1.62. The van der Waals surface area contributed by atoms with E-state index in [-0.39, 0.29) is 18.2 Å². The van der Waals surface area contributed by atoms with Crippen LogP contribution < -0.4 is 0 Å². The SMILES string of the molecule is C/C(=C\C1SC(S)N(CC(=O)O)C1=O)C(CC(=O)O)c1ccccc1. The Bertz CT molecular complexity index is 692. The number of nitrogens with zero attached hydrogens (tertiary/aromatic N) is 1. The molecule has 1 aromatic rings. The number of thiol groups is 1. The number of carbonyl (C=O) groups is 3. The molecule has 1 aromatic carbocycles. The molecule has 134 valence electrons. The van der Waals surface area contributed by atoms with Crippen LogP contribution in [0.25, 0.3) is 0 Å². The van der Waals surface area contributed by atoms with E-state index in [9.17, 15) is 19.5 Å². The summed E-state index contributed by atoms with van der Waals surface area (Å²) in [4.78, 5) is 35.7. The van der Waals surface area contributed by atoms with Gasteiger partial charge in [-0.3, -0.25) is 14.4 Å². The number of thioether (sulfide) groups is 1. The molecule has 0 radical (unpaired) electrons. The van der Waals surface area contributed by atoms with Gasteiger partial charge in [-0.05, 0) is 12.5 Å². The lowest BCUT2D eigenvalue weighted by Gasteiger charge is -2.18. The Hall–Kier alpha value is -1.93. The van der Waals surface area contributed by atoms with E-state index in [1.807, 2.05) is 30.3 Å². The van der Waals surface area contributed by atoms with Gasteiger partial charge in [0.2, 0.25) is 5.91 Å². The summed E-state index contributed by atoms with van der Waals surface area (Å²) < 4.78 is -0.535. The van der Waals surface area contributed by atoms with Gasteiger partial charge in [0.1, 0.15) is 16.5 Å². The number of benzene rings is 1. The maximum Gasteiger partial charge on any atom is 0.323 e. The van der Waals surface area contributed by atoms with Gasteiger partial charge in [0.25, 0.3) is 0 Å². The van der Waals surface area contributed by atoms with E-state index < -0.39 is 28.4 Å². The molecule has 2 rings (SSSR count). The first-order valence-corrected chi connectivity index (χ1v) is 9.06. The third kappa shape index (κ3) is 5.02. The van der Waals surface area contributed by atoms with Crippen molar-refractivity contribution in [1.82, 2.24) is 4.90 Å². The summed E-state index contributed by atoms with van der Waals surface area (Å²) in [5.74, 6) is -2.69. The van der Waals surface area contributed by atoms with E-state index in [1.54, 1.807) is 13.0 Å². The molecule has 8 heteroatoms. The Morgan fingerprint density at radius 2 is 1.92 bits per heavy atom. The van der Waals surface area contributed by atoms with Crippen LogP contribution >= 0.6 is 24.4 Å². The van der Waals surface area contributed by atoms with E-state index in [4.69, 9.17) is 5.11 Å². The van der Waals surface area contributed by atoms with Crippen LogP contribution in [0.15, 0.2) is 42.0 Å². The second-order valence-electron chi connectivity index (χ2n) is 5.71. The van der Waals surface area contributed by atoms with Crippen LogP contribution in [0.2, 0.25) is 0 Å². The molecule has 0 aromatic heterocycles. The van der Waals surface area contributed by atoms with E-state index in [0.29, 0.717) is 0 Å². The van der Waals surface area contributed by atoms with Gasteiger partial charge in [0.05, 0.1) is 6.42 Å². The lowest BCUT2D eigenvalue weighted by molar-refractivity contribution is -0.143. The van der Waals surface area contributed by atoms with Crippen molar-refractivity contribution < 1.29 is 24.6 Å². The van der Waals surface area contributed by atoms with Gasteiger partial charge in [-0.15, -0.1) is 24.4 Å². The van der Waals surface area contributed by atoms with Gasteiger partial charge in [-0.2, -0.15) is 0 Å². The van der Waals surface area contributed by atoms with Gasteiger partial charge in [0.15, 0.2) is 0 Å². The van der Waals surface area contributed by atoms with Crippen molar-refractivity contribution in [1.29, 1.82) is 0 Å². The minimum absolute atomic E-state index is 0.0823. The Balaban J connectivity index is 2.23.